The van der Waals surface area contributed by atoms with E-state index < -0.39 is 6.16 Å². The summed E-state index contributed by atoms with van der Waals surface area (Å²) in [6, 6.07) is 0. The van der Waals surface area contributed by atoms with Crippen molar-refractivity contribution < 1.29 is 14.1 Å². The van der Waals surface area contributed by atoms with Crippen LogP contribution < -0.4 is 0 Å². The normalized spacial score (nSPS) is 17.2. The Morgan fingerprint density at radius 1 is 1.60 bits per heavy atom. The summed E-state index contributed by atoms with van der Waals surface area (Å²) in [4.78, 5) is 9.42. The lowest BCUT2D eigenvalue weighted by molar-refractivity contribution is 0.102. The minimum Gasteiger partial charge on any atom is -0.468 e. The Kier molecular flexibility index (Phi) is 0.328. The van der Waals surface area contributed by atoms with Crippen molar-refractivity contribution in [3.63, 3.8) is 0 Å². The molecule has 0 aromatic heterocycles. The highest BCUT2D eigenvalue weighted by atomic mass is 16.8. The van der Waals surface area contributed by atoms with E-state index >= 15 is 0 Å². The smallest absolute Gasteiger partial charge is 0.468 e. The van der Waals surface area contributed by atoms with Crippen molar-refractivity contribution in [1.29, 1.82) is 0 Å². The summed E-state index contributed by atoms with van der Waals surface area (Å²) < 4.78 is 7.89. The first-order chi connectivity index (χ1) is 2.39. The van der Waals surface area contributed by atoms with Gasteiger partial charge in [0.2, 0.25) is 0 Å². The molecule has 0 N–H and O–H groups in total. The predicted molar refractivity (Wildman–Crippen MR) is 13.3 cm³/mol. The van der Waals surface area contributed by atoms with E-state index in [-0.39, 0.29) is 0 Å². The summed E-state index contributed by atoms with van der Waals surface area (Å²) in [5.74, 6) is 0. The number of hydrogen-bond acceptors (Lipinski definition) is 3. The second-order valence-corrected chi connectivity index (χ2v) is 0.582. The monoisotopic (exact) mass is 71.0 g/mol. The van der Waals surface area contributed by atoms with Gasteiger partial charge < -0.3 is 9.31 Å². The molecule has 1 radical (unpaired) electrons. The van der Waals surface area contributed by atoms with Crippen LogP contribution in [-0.2, 0) is 9.31 Å². The molecule has 0 aromatic carbocycles. The third-order valence-electron chi connectivity index (χ3n) is 0.289. The first kappa shape index (κ1) is 2.57. The van der Waals surface area contributed by atoms with Gasteiger partial charge in [-0.3, -0.25) is 0 Å². The molecule has 4 heteroatoms. The van der Waals surface area contributed by atoms with Gasteiger partial charge in [0.25, 0.3) is 0 Å². The SMILES string of the molecule is O=C1O[B]O1. The highest BCUT2D eigenvalue weighted by Gasteiger charge is 2.19. The highest BCUT2D eigenvalue weighted by molar-refractivity contribution is 6.31. The van der Waals surface area contributed by atoms with Gasteiger partial charge in [0.05, 0.1) is 0 Å². The predicted octanol–water partition coefficient (Wildman–Crippen LogP) is -0.313. The maximum atomic E-state index is 9.42. The Morgan fingerprint density at radius 3 is 2.00 bits per heavy atom. The average Bonchev–Trinajstić information content (AvgIpc) is 1.30. The average molecular weight is 70.8 g/mol. The van der Waals surface area contributed by atoms with Gasteiger partial charge in [-0.05, 0) is 0 Å². The minimum absolute atomic E-state index is 0.620. The molecule has 0 saturated carbocycles. The molecule has 25 valence electrons. The van der Waals surface area contributed by atoms with E-state index in [1.165, 1.54) is 0 Å². The van der Waals surface area contributed by atoms with Crippen molar-refractivity contribution in [3.8, 4) is 0 Å². The Hall–Kier alpha value is -0.665. The zero-order valence-electron chi connectivity index (χ0n) is 2.30. The van der Waals surface area contributed by atoms with Crippen LogP contribution in [0, 0.1) is 0 Å². The van der Waals surface area contributed by atoms with Crippen molar-refractivity contribution in [2.24, 2.45) is 0 Å². The third-order valence-corrected chi connectivity index (χ3v) is 0.289. The molecule has 0 aliphatic carbocycles. The van der Waals surface area contributed by atoms with Crippen LogP contribution in [0.3, 0.4) is 0 Å². The molecule has 0 aromatic rings. The molecular formula is CBO3. The van der Waals surface area contributed by atoms with E-state index in [1.54, 1.807) is 0 Å². The summed E-state index contributed by atoms with van der Waals surface area (Å²) >= 11 is 0. The molecule has 0 spiro atoms. The number of rotatable bonds is 0. The molecule has 1 heterocycles. The zero-order valence-corrected chi connectivity index (χ0v) is 2.30. The van der Waals surface area contributed by atoms with Crippen molar-refractivity contribution in [1.82, 2.24) is 0 Å². The molecular weight excluding hydrogens is 70.8 g/mol. The lowest BCUT2D eigenvalue weighted by atomic mass is 10.4. The largest absolute Gasteiger partial charge is 0.667 e. The van der Waals surface area contributed by atoms with Gasteiger partial charge in [0, 0.05) is 0 Å². The molecule has 0 amide bonds. The van der Waals surface area contributed by atoms with Gasteiger partial charge in [-0.2, -0.15) is 0 Å². The summed E-state index contributed by atoms with van der Waals surface area (Å²) in [5.41, 5.74) is 0. The quantitative estimate of drug-likeness (QED) is 0.367. The fraction of sp³-hybridized carbons (Fsp3) is 0. The van der Waals surface area contributed by atoms with E-state index in [9.17, 15) is 4.79 Å². The van der Waals surface area contributed by atoms with E-state index in [0.29, 0.717) is 0 Å². The van der Waals surface area contributed by atoms with Crippen LogP contribution in [0.4, 0.5) is 4.79 Å². The van der Waals surface area contributed by atoms with Gasteiger partial charge >= 0.3 is 13.8 Å². The Balaban J connectivity index is 2.32. The molecule has 5 heavy (non-hydrogen) atoms. The van der Waals surface area contributed by atoms with E-state index in [4.69, 9.17) is 0 Å². The van der Waals surface area contributed by atoms with E-state index in [1.807, 2.05) is 0 Å². The third kappa shape index (κ3) is 0.209. The topological polar surface area (TPSA) is 35.5 Å². The lowest BCUT2D eigenvalue weighted by Gasteiger charge is -2.07. The molecule has 0 bridgehead atoms. The van der Waals surface area contributed by atoms with Gasteiger partial charge in [0.15, 0.2) is 0 Å². The maximum absolute atomic E-state index is 9.42. The second kappa shape index (κ2) is 0.639. The summed E-state index contributed by atoms with van der Waals surface area (Å²) in [6.07, 6.45) is -0.620. The molecule has 0 unspecified atom stereocenters. The molecule has 1 fully saturated rings. The number of carbonyl (C=O) groups excluding carboxylic acids is 1. The van der Waals surface area contributed by atoms with Crippen LogP contribution in [0.5, 0.6) is 0 Å². The number of carbonyl (C=O) groups is 1. The first-order valence-electron chi connectivity index (χ1n) is 1.08. The minimum atomic E-state index is -0.620. The highest BCUT2D eigenvalue weighted by Crippen LogP contribution is 1.90. The summed E-state index contributed by atoms with van der Waals surface area (Å²) in [5, 5.41) is 0. The van der Waals surface area contributed by atoms with Crippen LogP contribution in [-0.4, -0.2) is 13.8 Å². The first-order valence-corrected chi connectivity index (χ1v) is 1.08. The molecule has 1 rings (SSSR count). The van der Waals surface area contributed by atoms with Crippen LogP contribution in [0.2, 0.25) is 0 Å². The summed E-state index contributed by atoms with van der Waals surface area (Å²) in [6.45, 7) is 0. The van der Waals surface area contributed by atoms with Crippen molar-refractivity contribution in [2.45, 2.75) is 0 Å². The van der Waals surface area contributed by atoms with Crippen LogP contribution in [0.25, 0.3) is 0 Å². The van der Waals surface area contributed by atoms with Crippen molar-refractivity contribution in [2.75, 3.05) is 0 Å². The van der Waals surface area contributed by atoms with Crippen LogP contribution in [0.15, 0.2) is 0 Å². The van der Waals surface area contributed by atoms with E-state index in [2.05, 4.69) is 9.31 Å². The standard InChI is InChI=1S/CBO3/c3-1-4-2-5-1. The fourth-order valence-electron chi connectivity index (χ4n) is 0.0874. The summed E-state index contributed by atoms with van der Waals surface area (Å²) in [7, 11) is 0.975. The fourth-order valence-corrected chi connectivity index (χ4v) is 0.0874. The molecule has 1 aliphatic rings. The number of hydrogen-bond donors (Lipinski definition) is 0. The van der Waals surface area contributed by atoms with Crippen molar-refractivity contribution in [3.05, 3.63) is 0 Å². The van der Waals surface area contributed by atoms with Gasteiger partial charge in [0.1, 0.15) is 0 Å². The zero-order chi connectivity index (χ0) is 3.70. The van der Waals surface area contributed by atoms with Gasteiger partial charge in [-0.25, -0.2) is 4.79 Å². The molecule has 3 nitrogen and oxygen atoms in total. The molecule has 0 atom stereocenters. The Bertz CT molecular complexity index is 53.9. The second-order valence-electron chi connectivity index (χ2n) is 0.582. The molecule has 1 saturated heterocycles. The maximum Gasteiger partial charge on any atom is 0.667 e. The van der Waals surface area contributed by atoms with Gasteiger partial charge in [-0.15, -0.1) is 0 Å². The van der Waals surface area contributed by atoms with Crippen LogP contribution >= 0.6 is 0 Å². The molecule has 1 aliphatic heterocycles. The van der Waals surface area contributed by atoms with E-state index in [0.717, 1.165) is 7.69 Å². The Labute approximate surface area is 29.2 Å². The lowest BCUT2D eigenvalue weighted by Crippen LogP contribution is -2.25. The Morgan fingerprint density at radius 2 is 2.00 bits per heavy atom. The van der Waals surface area contributed by atoms with Gasteiger partial charge in [-0.1, -0.05) is 0 Å². The van der Waals surface area contributed by atoms with Crippen LogP contribution in [0.1, 0.15) is 0 Å². The van der Waals surface area contributed by atoms with Crippen molar-refractivity contribution >= 4 is 13.8 Å².